The third kappa shape index (κ3) is 2.75. The summed E-state index contributed by atoms with van der Waals surface area (Å²) < 4.78 is 0. The van der Waals surface area contributed by atoms with Crippen molar-refractivity contribution in [1.82, 2.24) is 15.6 Å². The summed E-state index contributed by atoms with van der Waals surface area (Å²) in [5.41, 5.74) is 0.268. The highest BCUT2D eigenvalue weighted by molar-refractivity contribution is 6.07. The molecular formula is C18H19N5O4. The molecule has 27 heavy (non-hydrogen) atoms. The Morgan fingerprint density at radius 3 is 2.63 bits per heavy atom. The smallest absolute Gasteiger partial charge is 0.322 e. The molecule has 2 saturated heterocycles. The monoisotopic (exact) mass is 369 g/mol. The number of amides is 3. The molecule has 0 unspecified atom stereocenters. The maximum Gasteiger partial charge on any atom is 0.322 e. The van der Waals surface area contributed by atoms with Gasteiger partial charge in [0.1, 0.15) is 11.2 Å². The SMILES string of the molecule is C[C@]1(C2CCN(c3ccc4ncccc4c3[N+](=O)[O-])CC2)NC(=O)NC1=O. The predicted molar refractivity (Wildman–Crippen MR) is 98.4 cm³/mol. The second-order valence-electron chi connectivity index (χ2n) is 7.13. The molecule has 2 aliphatic rings. The number of nitrogens with one attached hydrogen (secondary N) is 2. The topological polar surface area (TPSA) is 117 Å². The quantitative estimate of drug-likeness (QED) is 0.485. The van der Waals surface area contributed by atoms with Gasteiger partial charge in [-0.3, -0.25) is 25.2 Å². The third-order valence-corrected chi connectivity index (χ3v) is 5.64. The summed E-state index contributed by atoms with van der Waals surface area (Å²) in [5.74, 6) is -0.338. The second-order valence-corrected chi connectivity index (χ2v) is 7.13. The summed E-state index contributed by atoms with van der Waals surface area (Å²) in [7, 11) is 0. The summed E-state index contributed by atoms with van der Waals surface area (Å²) in [6, 6.07) is 6.45. The number of piperidine rings is 1. The van der Waals surface area contributed by atoms with Gasteiger partial charge in [-0.15, -0.1) is 0 Å². The molecule has 4 rings (SSSR count). The van der Waals surface area contributed by atoms with Gasteiger partial charge in [-0.1, -0.05) is 0 Å². The van der Waals surface area contributed by atoms with E-state index in [1.165, 1.54) is 0 Å². The van der Waals surface area contributed by atoms with Crippen LogP contribution in [0.25, 0.3) is 10.9 Å². The van der Waals surface area contributed by atoms with Gasteiger partial charge < -0.3 is 10.2 Å². The molecule has 9 heteroatoms. The van der Waals surface area contributed by atoms with Crippen molar-refractivity contribution in [3.8, 4) is 0 Å². The molecule has 0 aliphatic carbocycles. The number of rotatable bonds is 3. The van der Waals surface area contributed by atoms with Crippen LogP contribution in [0.1, 0.15) is 19.8 Å². The number of imide groups is 1. The molecule has 0 bridgehead atoms. The molecule has 1 aromatic heterocycles. The van der Waals surface area contributed by atoms with E-state index in [0.29, 0.717) is 42.5 Å². The number of fused-ring (bicyclic) bond motifs is 1. The lowest BCUT2D eigenvalue weighted by Crippen LogP contribution is -2.53. The van der Waals surface area contributed by atoms with Gasteiger partial charge in [0.05, 0.1) is 15.8 Å². The van der Waals surface area contributed by atoms with Crippen molar-refractivity contribution in [2.45, 2.75) is 25.3 Å². The molecule has 140 valence electrons. The minimum atomic E-state index is -0.928. The van der Waals surface area contributed by atoms with E-state index in [1.807, 2.05) is 4.90 Å². The van der Waals surface area contributed by atoms with Crippen LogP contribution in [0, 0.1) is 16.0 Å². The van der Waals surface area contributed by atoms with Gasteiger partial charge in [0.25, 0.3) is 5.91 Å². The zero-order valence-electron chi connectivity index (χ0n) is 14.8. The van der Waals surface area contributed by atoms with Crippen molar-refractivity contribution in [3.63, 3.8) is 0 Å². The Labute approximate surface area is 154 Å². The lowest BCUT2D eigenvalue weighted by Gasteiger charge is -2.39. The maximum absolute atomic E-state index is 12.1. The van der Waals surface area contributed by atoms with Crippen LogP contribution < -0.4 is 15.5 Å². The number of nitro groups is 1. The van der Waals surface area contributed by atoms with Gasteiger partial charge in [-0.2, -0.15) is 0 Å². The lowest BCUT2D eigenvalue weighted by atomic mass is 9.79. The first-order valence-electron chi connectivity index (χ1n) is 8.81. The van der Waals surface area contributed by atoms with Gasteiger partial charge in [0, 0.05) is 19.3 Å². The standard InChI is InChI=1S/C18H19N5O4/c1-18(16(24)20-17(25)21-18)11-6-9-22(10-7-11)14-5-4-13-12(3-2-8-19-13)15(14)23(26)27/h2-5,8,11H,6-7,9-10H2,1H3,(H2,20,21,24,25)/t18-/m1/s1. The average molecular weight is 369 g/mol. The highest BCUT2D eigenvalue weighted by Crippen LogP contribution is 2.38. The lowest BCUT2D eigenvalue weighted by molar-refractivity contribution is -0.382. The van der Waals surface area contributed by atoms with Crippen molar-refractivity contribution < 1.29 is 14.5 Å². The zero-order valence-corrected chi connectivity index (χ0v) is 14.8. The first-order valence-corrected chi connectivity index (χ1v) is 8.81. The second kappa shape index (κ2) is 6.19. The number of nitrogens with zero attached hydrogens (tertiary/aromatic N) is 3. The van der Waals surface area contributed by atoms with Gasteiger partial charge in [-0.05, 0) is 49.9 Å². The molecule has 2 aromatic rings. The van der Waals surface area contributed by atoms with Crippen LogP contribution in [0.15, 0.2) is 30.5 Å². The molecule has 1 aromatic carbocycles. The summed E-state index contributed by atoms with van der Waals surface area (Å²) in [6.45, 7) is 2.86. The van der Waals surface area contributed by atoms with E-state index in [2.05, 4.69) is 15.6 Å². The Hall–Kier alpha value is -3.23. The minimum absolute atomic E-state index is 0.0265. The van der Waals surface area contributed by atoms with Crippen LogP contribution in [0.5, 0.6) is 0 Å². The molecule has 2 fully saturated rings. The molecule has 0 saturated carbocycles. The highest BCUT2D eigenvalue weighted by Gasteiger charge is 2.48. The van der Waals surface area contributed by atoms with Crippen molar-refractivity contribution in [1.29, 1.82) is 0 Å². The molecule has 3 heterocycles. The van der Waals surface area contributed by atoms with E-state index in [-0.39, 0.29) is 22.4 Å². The summed E-state index contributed by atoms with van der Waals surface area (Å²) in [6.07, 6.45) is 2.90. The molecule has 0 spiro atoms. The van der Waals surface area contributed by atoms with Crippen LogP contribution in [0.2, 0.25) is 0 Å². The molecule has 1 atom stereocenters. The van der Waals surface area contributed by atoms with Crippen LogP contribution in [-0.4, -0.2) is 40.5 Å². The Kier molecular flexibility index (Phi) is 3.94. The maximum atomic E-state index is 12.1. The molecule has 3 amide bonds. The van der Waals surface area contributed by atoms with E-state index in [9.17, 15) is 19.7 Å². The number of carbonyl (C=O) groups is 2. The predicted octanol–water partition coefficient (Wildman–Crippen LogP) is 1.96. The van der Waals surface area contributed by atoms with E-state index >= 15 is 0 Å². The Bertz CT molecular complexity index is 954. The minimum Gasteiger partial charge on any atom is -0.366 e. The van der Waals surface area contributed by atoms with E-state index < -0.39 is 11.6 Å². The molecular weight excluding hydrogens is 350 g/mol. The van der Waals surface area contributed by atoms with E-state index in [1.54, 1.807) is 37.4 Å². The number of aromatic nitrogens is 1. The number of hydrogen-bond acceptors (Lipinski definition) is 6. The van der Waals surface area contributed by atoms with Crippen LogP contribution in [0.3, 0.4) is 0 Å². The molecule has 0 radical (unpaired) electrons. The van der Waals surface area contributed by atoms with Gasteiger partial charge in [0.2, 0.25) is 0 Å². The first-order chi connectivity index (χ1) is 12.9. The summed E-state index contributed by atoms with van der Waals surface area (Å²) in [4.78, 5) is 41.2. The van der Waals surface area contributed by atoms with Crippen LogP contribution in [0.4, 0.5) is 16.2 Å². The average Bonchev–Trinajstić information content (AvgIpc) is 2.93. The summed E-state index contributed by atoms with van der Waals surface area (Å²) >= 11 is 0. The summed E-state index contributed by atoms with van der Waals surface area (Å²) in [5, 5.41) is 17.3. The Morgan fingerprint density at radius 2 is 2.00 bits per heavy atom. The number of carbonyl (C=O) groups excluding carboxylic acids is 2. The van der Waals surface area contributed by atoms with Crippen LogP contribution in [-0.2, 0) is 4.79 Å². The number of hydrogen-bond donors (Lipinski definition) is 2. The normalized spacial score (nSPS) is 23.4. The number of anilines is 1. The number of pyridine rings is 1. The van der Waals surface area contributed by atoms with Crippen molar-refractivity contribution >= 4 is 34.2 Å². The highest BCUT2D eigenvalue weighted by atomic mass is 16.6. The fourth-order valence-corrected chi connectivity index (χ4v) is 4.11. The fourth-order valence-electron chi connectivity index (χ4n) is 4.11. The number of urea groups is 1. The van der Waals surface area contributed by atoms with E-state index in [0.717, 1.165) is 0 Å². The van der Waals surface area contributed by atoms with Gasteiger partial charge >= 0.3 is 11.7 Å². The van der Waals surface area contributed by atoms with Crippen molar-refractivity contribution in [2.24, 2.45) is 5.92 Å². The van der Waals surface area contributed by atoms with Gasteiger partial charge in [0.15, 0.2) is 0 Å². The van der Waals surface area contributed by atoms with E-state index in [4.69, 9.17) is 0 Å². The molecule has 9 nitrogen and oxygen atoms in total. The van der Waals surface area contributed by atoms with Gasteiger partial charge in [-0.25, -0.2) is 4.79 Å². The third-order valence-electron chi connectivity index (χ3n) is 5.64. The fraction of sp³-hybridized carbons (Fsp3) is 0.389. The number of benzene rings is 1. The molecule has 2 N–H and O–H groups in total. The number of nitro benzene ring substituents is 1. The van der Waals surface area contributed by atoms with Crippen molar-refractivity contribution in [2.75, 3.05) is 18.0 Å². The zero-order chi connectivity index (χ0) is 19.2. The van der Waals surface area contributed by atoms with Crippen LogP contribution >= 0.6 is 0 Å². The van der Waals surface area contributed by atoms with Crippen molar-refractivity contribution in [3.05, 3.63) is 40.6 Å². The first kappa shape index (κ1) is 17.2. The largest absolute Gasteiger partial charge is 0.366 e. The molecule has 2 aliphatic heterocycles. The Balaban J connectivity index is 1.60. The Morgan fingerprint density at radius 1 is 1.26 bits per heavy atom.